The highest BCUT2D eigenvalue weighted by atomic mass is 16.3. The van der Waals surface area contributed by atoms with Gasteiger partial charge in [-0.15, -0.1) is 0 Å². The maximum atomic E-state index is 10.1. The summed E-state index contributed by atoms with van der Waals surface area (Å²) in [7, 11) is 0. The van der Waals surface area contributed by atoms with Gasteiger partial charge in [0.1, 0.15) is 0 Å². The Bertz CT molecular complexity index is 376. The summed E-state index contributed by atoms with van der Waals surface area (Å²) in [4.78, 5) is 2.32. The summed E-state index contributed by atoms with van der Waals surface area (Å²) in [6.45, 7) is 5.26. The maximum absolute atomic E-state index is 10.1. The molecule has 0 spiro atoms. The van der Waals surface area contributed by atoms with Crippen LogP contribution in [0.5, 0.6) is 0 Å². The summed E-state index contributed by atoms with van der Waals surface area (Å²) in [5.74, 6) is 0. The Morgan fingerprint density at radius 1 is 1.41 bits per heavy atom. The second-order valence-electron chi connectivity index (χ2n) is 5.34. The third-order valence-corrected chi connectivity index (χ3v) is 3.39. The van der Waals surface area contributed by atoms with Crippen LogP contribution in [0.4, 0.5) is 0 Å². The predicted octanol–water partition coefficient (Wildman–Crippen LogP) is 1.49. The fourth-order valence-electron chi connectivity index (χ4n) is 2.57. The van der Waals surface area contributed by atoms with Gasteiger partial charge in [-0.3, -0.25) is 4.90 Å². The number of rotatable bonds is 3. The molecule has 1 aromatic carbocycles. The Kier molecular flexibility index (Phi) is 3.82. The van der Waals surface area contributed by atoms with E-state index in [0.717, 1.165) is 32.5 Å². The average molecular weight is 234 g/mol. The third-order valence-electron chi connectivity index (χ3n) is 3.39. The van der Waals surface area contributed by atoms with Crippen LogP contribution in [0.3, 0.4) is 0 Å². The van der Waals surface area contributed by atoms with E-state index in [9.17, 15) is 5.11 Å². The molecule has 17 heavy (non-hydrogen) atoms. The van der Waals surface area contributed by atoms with E-state index >= 15 is 0 Å². The fourth-order valence-corrected chi connectivity index (χ4v) is 2.57. The van der Waals surface area contributed by atoms with Crippen molar-refractivity contribution in [2.45, 2.75) is 38.5 Å². The van der Waals surface area contributed by atoms with Crippen LogP contribution in [0.1, 0.15) is 30.9 Å². The molecule has 0 radical (unpaired) electrons. The molecular formula is C14H22N2O. The summed E-state index contributed by atoms with van der Waals surface area (Å²) >= 11 is 0. The lowest BCUT2D eigenvalue weighted by molar-refractivity contribution is -0.0181. The van der Waals surface area contributed by atoms with Crippen molar-refractivity contribution >= 4 is 0 Å². The van der Waals surface area contributed by atoms with Crippen LogP contribution in [-0.4, -0.2) is 28.7 Å². The minimum Gasteiger partial charge on any atom is -0.389 e. The van der Waals surface area contributed by atoms with Crippen molar-refractivity contribution in [3.63, 3.8) is 0 Å². The molecule has 1 heterocycles. The van der Waals surface area contributed by atoms with Gasteiger partial charge < -0.3 is 10.8 Å². The Balaban J connectivity index is 2.00. The first kappa shape index (κ1) is 12.6. The summed E-state index contributed by atoms with van der Waals surface area (Å²) < 4.78 is 0. The first-order valence-corrected chi connectivity index (χ1v) is 6.32. The SMILES string of the molecule is CC1(O)CCCN(Cc2cccc(CN)c2)C1. The van der Waals surface area contributed by atoms with Crippen LogP contribution in [0.15, 0.2) is 24.3 Å². The Hall–Kier alpha value is -0.900. The monoisotopic (exact) mass is 234 g/mol. The van der Waals surface area contributed by atoms with Gasteiger partial charge in [-0.2, -0.15) is 0 Å². The molecule has 1 aliphatic rings. The molecule has 1 aromatic rings. The van der Waals surface area contributed by atoms with Crippen LogP contribution >= 0.6 is 0 Å². The van der Waals surface area contributed by atoms with Gasteiger partial charge in [0.25, 0.3) is 0 Å². The van der Waals surface area contributed by atoms with Gasteiger partial charge in [0.05, 0.1) is 5.60 Å². The number of piperidine rings is 1. The molecule has 1 fully saturated rings. The molecule has 0 saturated carbocycles. The van der Waals surface area contributed by atoms with Crippen molar-refractivity contribution in [1.29, 1.82) is 0 Å². The molecule has 0 amide bonds. The summed E-state index contributed by atoms with van der Waals surface area (Å²) in [6, 6.07) is 8.39. The van der Waals surface area contributed by atoms with E-state index in [4.69, 9.17) is 5.73 Å². The summed E-state index contributed by atoms with van der Waals surface area (Å²) in [5.41, 5.74) is 7.57. The maximum Gasteiger partial charge on any atom is 0.0746 e. The topological polar surface area (TPSA) is 49.5 Å². The van der Waals surface area contributed by atoms with Crippen LogP contribution in [0, 0.1) is 0 Å². The van der Waals surface area contributed by atoms with Crippen molar-refractivity contribution in [3.05, 3.63) is 35.4 Å². The summed E-state index contributed by atoms with van der Waals surface area (Å²) in [5, 5.41) is 10.1. The lowest BCUT2D eigenvalue weighted by atomic mass is 9.95. The number of hydrogen-bond donors (Lipinski definition) is 2. The average Bonchev–Trinajstić information content (AvgIpc) is 2.28. The van der Waals surface area contributed by atoms with Crippen molar-refractivity contribution < 1.29 is 5.11 Å². The number of aliphatic hydroxyl groups is 1. The second-order valence-corrected chi connectivity index (χ2v) is 5.34. The van der Waals surface area contributed by atoms with Crippen molar-refractivity contribution in [2.75, 3.05) is 13.1 Å². The molecule has 2 rings (SSSR count). The Morgan fingerprint density at radius 2 is 2.18 bits per heavy atom. The van der Waals surface area contributed by atoms with Crippen LogP contribution in [0.2, 0.25) is 0 Å². The molecule has 1 saturated heterocycles. The molecule has 1 aliphatic heterocycles. The number of likely N-dealkylation sites (tertiary alicyclic amines) is 1. The Labute approximate surface area is 103 Å². The normalized spacial score (nSPS) is 26.1. The standard InChI is InChI=1S/C14H22N2O/c1-14(17)6-3-7-16(11-14)10-13-5-2-4-12(8-13)9-15/h2,4-5,8,17H,3,6-7,9-11,15H2,1H3. The zero-order chi connectivity index (χ0) is 12.3. The molecule has 1 unspecified atom stereocenters. The molecular weight excluding hydrogens is 212 g/mol. The van der Waals surface area contributed by atoms with E-state index in [2.05, 4.69) is 29.2 Å². The Morgan fingerprint density at radius 3 is 2.88 bits per heavy atom. The number of β-amino-alcohol motifs (C(OH)–C–C–N with tert-alkyl or cyclic N) is 1. The molecule has 3 heteroatoms. The van der Waals surface area contributed by atoms with Gasteiger partial charge in [0.15, 0.2) is 0 Å². The van der Waals surface area contributed by atoms with Gasteiger partial charge in [-0.1, -0.05) is 24.3 Å². The van der Waals surface area contributed by atoms with Gasteiger partial charge in [-0.25, -0.2) is 0 Å². The molecule has 3 nitrogen and oxygen atoms in total. The van der Waals surface area contributed by atoms with Crippen LogP contribution < -0.4 is 5.73 Å². The third kappa shape index (κ3) is 3.53. The molecule has 0 aliphatic carbocycles. The highest BCUT2D eigenvalue weighted by Crippen LogP contribution is 2.21. The molecule has 0 bridgehead atoms. The van der Waals surface area contributed by atoms with Gasteiger partial charge in [0.2, 0.25) is 0 Å². The molecule has 94 valence electrons. The van der Waals surface area contributed by atoms with Gasteiger partial charge >= 0.3 is 0 Å². The first-order valence-electron chi connectivity index (χ1n) is 6.32. The van der Waals surface area contributed by atoms with E-state index in [1.54, 1.807) is 0 Å². The molecule has 1 atom stereocenters. The van der Waals surface area contributed by atoms with Gasteiger partial charge in [0, 0.05) is 19.6 Å². The van der Waals surface area contributed by atoms with Crippen molar-refractivity contribution in [3.8, 4) is 0 Å². The molecule has 0 aromatic heterocycles. The smallest absolute Gasteiger partial charge is 0.0746 e. The molecule has 3 N–H and O–H groups in total. The van der Waals surface area contributed by atoms with Crippen molar-refractivity contribution in [1.82, 2.24) is 4.90 Å². The second kappa shape index (κ2) is 5.17. The summed E-state index contributed by atoms with van der Waals surface area (Å²) in [6.07, 6.45) is 1.98. The van der Waals surface area contributed by atoms with E-state index in [1.165, 1.54) is 11.1 Å². The number of nitrogens with two attached hydrogens (primary N) is 1. The lowest BCUT2D eigenvalue weighted by Crippen LogP contribution is -2.45. The number of hydrogen-bond acceptors (Lipinski definition) is 3. The van der Waals surface area contributed by atoms with Crippen LogP contribution in [-0.2, 0) is 13.1 Å². The largest absolute Gasteiger partial charge is 0.389 e. The quantitative estimate of drug-likeness (QED) is 0.833. The van der Waals surface area contributed by atoms with Crippen molar-refractivity contribution in [2.24, 2.45) is 5.73 Å². The van der Waals surface area contributed by atoms with E-state index < -0.39 is 5.60 Å². The zero-order valence-electron chi connectivity index (χ0n) is 10.5. The highest BCUT2D eigenvalue weighted by molar-refractivity contribution is 5.23. The predicted molar refractivity (Wildman–Crippen MR) is 69.5 cm³/mol. The number of nitrogens with zero attached hydrogens (tertiary/aromatic N) is 1. The van der Waals surface area contributed by atoms with Crippen LogP contribution in [0.25, 0.3) is 0 Å². The highest BCUT2D eigenvalue weighted by Gasteiger charge is 2.27. The lowest BCUT2D eigenvalue weighted by Gasteiger charge is -2.36. The minimum absolute atomic E-state index is 0.524. The van der Waals surface area contributed by atoms with E-state index in [1.807, 2.05) is 6.92 Å². The zero-order valence-corrected chi connectivity index (χ0v) is 10.5. The first-order chi connectivity index (χ1) is 8.09. The number of benzene rings is 1. The van der Waals surface area contributed by atoms with E-state index in [-0.39, 0.29) is 0 Å². The fraction of sp³-hybridized carbons (Fsp3) is 0.571. The van der Waals surface area contributed by atoms with Gasteiger partial charge in [-0.05, 0) is 37.4 Å². The minimum atomic E-state index is -0.524. The van der Waals surface area contributed by atoms with E-state index in [0.29, 0.717) is 6.54 Å².